The van der Waals surface area contributed by atoms with Crippen molar-refractivity contribution in [2.75, 3.05) is 6.54 Å². The number of hydrogen-bond donors (Lipinski definition) is 1. The van der Waals surface area contributed by atoms with Crippen molar-refractivity contribution >= 4 is 19.1 Å². The Kier molecular flexibility index (Phi) is 5.65. The summed E-state index contributed by atoms with van der Waals surface area (Å²) in [5.41, 5.74) is -0.560. The lowest BCUT2D eigenvalue weighted by Crippen LogP contribution is -2.63. The standard InChI is InChI=1S/C23H39BN2O5/c1-8-16(25-20(28)29-21(2,3)4)19(27)26-11-9-10-17(26)24-30-18-15-12-14(22(15,5)6)13-23(18,7)31-24/h14-18H,8-13H2,1-7H3,(H,25,28)/t14?,15?,16?,17?,18?,23-/m0/s1. The van der Waals surface area contributed by atoms with Crippen molar-refractivity contribution in [2.24, 2.45) is 17.3 Å². The molecule has 2 saturated heterocycles. The van der Waals surface area contributed by atoms with Gasteiger partial charge >= 0.3 is 13.2 Å². The monoisotopic (exact) mass is 434 g/mol. The molecule has 2 bridgehead atoms. The number of alkyl carbamates (subject to hydrolysis) is 1. The van der Waals surface area contributed by atoms with Crippen LogP contribution in [0.25, 0.3) is 0 Å². The Bertz CT molecular complexity index is 738. The molecule has 31 heavy (non-hydrogen) atoms. The van der Waals surface area contributed by atoms with Gasteiger partial charge in [0.15, 0.2) is 0 Å². The van der Waals surface area contributed by atoms with Crippen molar-refractivity contribution in [2.45, 2.75) is 110 Å². The Morgan fingerprint density at radius 2 is 2.00 bits per heavy atom. The highest BCUT2D eigenvalue weighted by molar-refractivity contribution is 6.48. The number of hydrogen-bond acceptors (Lipinski definition) is 5. The van der Waals surface area contributed by atoms with Gasteiger partial charge in [-0.1, -0.05) is 20.8 Å². The number of nitrogens with one attached hydrogen (secondary N) is 1. The summed E-state index contributed by atoms with van der Waals surface area (Å²) in [6, 6.07) is -0.610. The largest absolute Gasteiger partial charge is 0.481 e. The fourth-order valence-electron chi connectivity index (χ4n) is 6.25. The third-order valence-corrected chi connectivity index (χ3v) is 8.13. The maximum atomic E-state index is 13.4. The van der Waals surface area contributed by atoms with Crippen molar-refractivity contribution in [3.63, 3.8) is 0 Å². The normalized spacial score (nSPS) is 37.1. The minimum atomic E-state index is -0.610. The van der Waals surface area contributed by atoms with Gasteiger partial charge in [0, 0.05) is 6.54 Å². The van der Waals surface area contributed by atoms with Crippen LogP contribution in [0.15, 0.2) is 0 Å². The molecule has 0 radical (unpaired) electrons. The maximum Gasteiger partial charge on any atom is 0.481 e. The van der Waals surface area contributed by atoms with E-state index in [1.54, 1.807) is 0 Å². The molecule has 3 saturated carbocycles. The minimum Gasteiger partial charge on any atom is -0.444 e. The molecule has 0 spiro atoms. The number of likely N-dealkylation sites (tertiary alicyclic amines) is 1. The van der Waals surface area contributed by atoms with Gasteiger partial charge in [-0.3, -0.25) is 4.79 Å². The number of carbonyl (C=O) groups is 2. The highest BCUT2D eigenvalue weighted by atomic mass is 16.7. The van der Waals surface area contributed by atoms with Gasteiger partial charge in [-0.05, 0) is 77.0 Å². The van der Waals surface area contributed by atoms with Crippen LogP contribution >= 0.6 is 0 Å². The van der Waals surface area contributed by atoms with Crippen LogP contribution in [0.5, 0.6) is 0 Å². The molecule has 5 rings (SSSR count). The molecule has 2 heterocycles. The van der Waals surface area contributed by atoms with E-state index in [9.17, 15) is 9.59 Å². The smallest absolute Gasteiger partial charge is 0.444 e. The topological polar surface area (TPSA) is 77.1 Å². The van der Waals surface area contributed by atoms with E-state index in [1.165, 1.54) is 6.42 Å². The van der Waals surface area contributed by atoms with Crippen LogP contribution in [-0.2, 0) is 18.8 Å². The summed E-state index contributed by atoms with van der Waals surface area (Å²) in [7, 11) is -0.393. The summed E-state index contributed by atoms with van der Waals surface area (Å²) in [6.45, 7) is 14.9. The number of rotatable bonds is 4. The van der Waals surface area contributed by atoms with Crippen LogP contribution in [0.3, 0.4) is 0 Å². The summed E-state index contributed by atoms with van der Waals surface area (Å²) in [6.07, 6.45) is 4.06. The van der Waals surface area contributed by atoms with Crippen LogP contribution < -0.4 is 5.32 Å². The first-order valence-electron chi connectivity index (χ1n) is 12.0. The van der Waals surface area contributed by atoms with Crippen molar-refractivity contribution in [3.8, 4) is 0 Å². The molecule has 7 nitrogen and oxygen atoms in total. The van der Waals surface area contributed by atoms with Gasteiger partial charge in [-0.25, -0.2) is 4.79 Å². The van der Waals surface area contributed by atoms with Gasteiger partial charge in [0.05, 0.1) is 17.6 Å². The molecule has 0 aromatic rings. The number of amides is 2. The first-order valence-corrected chi connectivity index (χ1v) is 12.0. The van der Waals surface area contributed by atoms with Gasteiger partial charge in [-0.2, -0.15) is 0 Å². The van der Waals surface area contributed by atoms with E-state index in [4.69, 9.17) is 14.0 Å². The second-order valence-corrected chi connectivity index (χ2v) is 11.8. The molecule has 5 unspecified atom stereocenters. The first kappa shape index (κ1) is 22.9. The van der Waals surface area contributed by atoms with Crippen LogP contribution in [0.4, 0.5) is 4.79 Å². The quantitative estimate of drug-likeness (QED) is 0.685. The van der Waals surface area contributed by atoms with Gasteiger partial charge in [0.25, 0.3) is 0 Å². The van der Waals surface area contributed by atoms with Crippen LogP contribution in [-0.4, -0.2) is 59.9 Å². The van der Waals surface area contributed by atoms with Gasteiger partial charge in [0.2, 0.25) is 5.91 Å². The molecule has 2 amide bonds. The molecule has 174 valence electrons. The van der Waals surface area contributed by atoms with E-state index >= 15 is 0 Å². The Hall–Kier alpha value is -1.28. The Labute approximate surface area is 187 Å². The summed E-state index contributed by atoms with van der Waals surface area (Å²) < 4.78 is 18.4. The van der Waals surface area contributed by atoms with E-state index in [-0.39, 0.29) is 23.6 Å². The molecular weight excluding hydrogens is 395 g/mol. The van der Waals surface area contributed by atoms with Gasteiger partial charge in [-0.15, -0.1) is 0 Å². The average molecular weight is 434 g/mol. The summed E-state index contributed by atoms with van der Waals surface area (Å²) in [5, 5.41) is 2.76. The number of nitrogens with zero attached hydrogens (tertiary/aromatic N) is 1. The third-order valence-electron chi connectivity index (χ3n) is 8.13. The van der Waals surface area contributed by atoms with E-state index in [1.807, 2.05) is 32.6 Å². The van der Waals surface area contributed by atoms with Crippen molar-refractivity contribution in [3.05, 3.63) is 0 Å². The van der Waals surface area contributed by atoms with E-state index in [0.29, 0.717) is 30.2 Å². The first-order chi connectivity index (χ1) is 14.4. The molecule has 6 atom stereocenters. The lowest BCUT2D eigenvalue weighted by Gasteiger charge is -2.63. The second-order valence-electron chi connectivity index (χ2n) is 11.8. The third kappa shape index (κ3) is 3.99. The zero-order valence-corrected chi connectivity index (χ0v) is 20.2. The summed E-state index contributed by atoms with van der Waals surface area (Å²) in [4.78, 5) is 27.5. The minimum absolute atomic E-state index is 0.0762. The maximum absolute atomic E-state index is 13.4. The SMILES string of the molecule is CCC(NC(=O)OC(C)(C)C)C(=O)N1CCCC1B1OC2C3CC(C[C@]2(C)O1)C3(C)C. The van der Waals surface area contributed by atoms with Gasteiger partial charge < -0.3 is 24.3 Å². The van der Waals surface area contributed by atoms with Crippen molar-refractivity contribution in [1.29, 1.82) is 0 Å². The van der Waals surface area contributed by atoms with Crippen molar-refractivity contribution in [1.82, 2.24) is 10.2 Å². The van der Waals surface area contributed by atoms with E-state index in [2.05, 4.69) is 26.1 Å². The average Bonchev–Trinajstić information content (AvgIpc) is 3.27. The summed E-state index contributed by atoms with van der Waals surface area (Å²) >= 11 is 0. The Morgan fingerprint density at radius 1 is 1.29 bits per heavy atom. The van der Waals surface area contributed by atoms with Crippen LogP contribution in [0.1, 0.15) is 80.6 Å². The fraction of sp³-hybridized carbons (Fsp3) is 0.913. The Balaban J connectivity index is 1.43. The van der Waals surface area contributed by atoms with Crippen LogP contribution in [0.2, 0.25) is 0 Å². The predicted octanol–water partition coefficient (Wildman–Crippen LogP) is 3.55. The molecule has 0 aromatic heterocycles. The molecular formula is C23H39BN2O5. The van der Waals surface area contributed by atoms with Gasteiger partial charge in [0.1, 0.15) is 11.6 Å². The summed E-state index contributed by atoms with van der Waals surface area (Å²) in [5.74, 6) is 1.02. The Morgan fingerprint density at radius 3 is 2.61 bits per heavy atom. The molecule has 3 aliphatic carbocycles. The number of ether oxygens (including phenoxy) is 1. The van der Waals surface area contributed by atoms with Crippen LogP contribution in [0, 0.1) is 17.3 Å². The van der Waals surface area contributed by atoms with Crippen molar-refractivity contribution < 1.29 is 23.6 Å². The molecule has 1 N–H and O–H groups in total. The lowest BCUT2D eigenvalue weighted by molar-refractivity contribution is -0.185. The number of carbonyl (C=O) groups excluding carboxylic acids is 2. The molecule has 5 aliphatic rings. The van der Waals surface area contributed by atoms with E-state index < -0.39 is 24.9 Å². The predicted molar refractivity (Wildman–Crippen MR) is 118 cm³/mol. The molecule has 2 aliphatic heterocycles. The highest BCUT2D eigenvalue weighted by Gasteiger charge is 2.68. The fourth-order valence-corrected chi connectivity index (χ4v) is 6.25. The van der Waals surface area contributed by atoms with E-state index in [0.717, 1.165) is 19.3 Å². The highest BCUT2D eigenvalue weighted by Crippen LogP contribution is 2.64. The molecule has 8 heteroatoms. The molecule has 0 aromatic carbocycles. The second kappa shape index (κ2) is 7.65. The zero-order valence-electron chi connectivity index (χ0n) is 20.2. The zero-order chi connectivity index (χ0) is 22.8. The lowest BCUT2D eigenvalue weighted by atomic mass is 9.45. The molecule has 5 fully saturated rings.